The van der Waals surface area contributed by atoms with Crippen LogP contribution in [0.5, 0.6) is 0 Å². The summed E-state index contributed by atoms with van der Waals surface area (Å²) in [6.45, 7) is 0. The summed E-state index contributed by atoms with van der Waals surface area (Å²) in [5, 5.41) is 16.5. The normalized spacial score (nSPS) is 30.1. The van der Waals surface area contributed by atoms with Crippen molar-refractivity contribution in [3.8, 4) is 0 Å². The van der Waals surface area contributed by atoms with E-state index < -0.39 is 5.97 Å². The molecule has 2 amide bonds. The SMILES string of the molecule is O=C([O-])CCCCC1SCC2NC(=O)NC21.[Na+]. The van der Waals surface area contributed by atoms with E-state index in [0.29, 0.717) is 11.7 Å². The fraction of sp³-hybridized carbons (Fsp3) is 0.800. The summed E-state index contributed by atoms with van der Waals surface area (Å²) in [5.41, 5.74) is 0. The molecule has 2 N–H and O–H groups in total. The summed E-state index contributed by atoms with van der Waals surface area (Å²) in [6, 6.07) is 0.402. The Labute approximate surface area is 127 Å². The number of hydrogen-bond acceptors (Lipinski definition) is 4. The molecular weight excluding hydrogens is 251 g/mol. The number of carboxylic acids is 1. The van der Waals surface area contributed by atoms with Crippen molar-refractivity contribution in [2.24, 2.45) is 0 Å². The second-order valence-electron chi connectivity index (χ2n) is 4.24. The van der Waals surface area contributed by atoms with Crippen LogP contribution in [0.15, 0.2) is 0 Å². The third-order valence-electron chi connectivity index (χ3n) is 3.06. The average molecular weight is 266 g/mol. The van der Waals surface area contributed by atoms with Gasteiger partial charge in [0.15, 0.2) is 0 Å². The second kappa shape index (κ2) is 6.87. The molecule has 2 saturated heterocycles. The maximum atomic E-state index is 11.1. The van der Waals surface area contributed by atoms with Gasteiger partial charge in [-0.05, 0) is 19.3 Å². The fourth-order valence-corrected chi connectivity index (χ4v) is 3.80. The molecule has 0 aromatic rings. The number of unbranched alkanes of at least 4 members (excludes halogenated alkanes) is 1. The zero-order chi connectivity index (χ0) is 11.5. The predicted octanol–water partition coefficient (Wildman–Crippen LogP) is -3.53. The smallest absolute Gasteiger partial charge is 0.550 e. The third-order valence-corrected chi connectivity index (χ3v) is 4.57. The number of rotatable bonds is 5. The number of hydrogen-bond donors (Lipinski definition) is 2. The van der Waals surface area contributed by atoms with E-state index in [9.17, 15) is 14.7 Å². The molecule has 7 heteroatoms. The molecule has 0 aromatic heterocycles. The molecule has 0 saturated carbocycles. The van der Waals surface area contributed by atoms with Crippen molar-refractivity contribution in [2.45, 2.75) is 43.0 Å². The summed E-state index contributed by atoms with van der Waals surface area (Å²) in [4.78, 5) is 21.3. The first-order valence-electron chi connectivity index (χ1n) is 5.55. The first-order valence-corrected chi connectivity index (χ1v) is 6.60. The predicted molar refractivity (Wildman–Crippen MR) is 59.0 cm³/mol. The standard InChI is InChI=1S/C10H16N2O3S.Na/c13-8(14)4-2-1-3-7-9-6(5-16-7)11-10(15)12-9;/h6-7,9H,1-5H2,(H,13,14)(H2,11,12,15);/q;+1/p-1. The van der Waals surface area contributed by atoms with Gasteiger partial charge in [0.25, 0.3) is 0 Å². The molecule has 0 radical (unpaired) electrons. The second-order valence-corrected chi connectivity index (χ2v) is 5.51. The van der Waals surface area contributed by atoms with Gasteiger partial charge in [-0.25, -0.2) is 4.79 Å². The number of amides is 2. The Balaban J connectivity index is 0.00000144. The average Bonchev–Trinajstić information content (AvgIpc) is 2.72. The van der Waals surface area contributed by atoms with E-state index in [1.165, 1.54) is 0 Å². The van der Waals surface area contributed by atoms with Gasteiger partial charge in [0.1, 0.15) is 0 Å². The van der Waals surface area contributed by atoms with E-state index in [1.807, 2.05) is 11.8 Å². The minimum atomic E-state index is -0.979. The molecule has 0 spiro atoms. The van der Waals surface area contributed by atoms with Crippen molar-refractivity contribution in [1.82, 2.24) is 10.6 Å². The zero-order valence-corrected chi connectivity index (χ0v) is 12.7. The van der Waals surface area contributed by atoms with Crippen molar-refractivity contribution in [3.05, 3.63) is 0 Å². The number of thioether (sulfide) groups is 1. The van der Waals surface area contributed by atoms with Gasteiger partial charge < -0.3 is 20.5 Å². The van der Waals surface area contributed by atoms with E-state index in [4.69, 9.17) is 0 Å². The number of carbonyl (C=O) groups is 2. The zero-order valence-electron chi connectivity index (χ0n) is 9.90. The van der Waals surface area contributed by atoms with Crippen molar-refractivity contribution in [3.63, 3.8) is 0 Å². The summed E-state index contributed by atoms with van der Waals surface area (Å²) >= 11 is 1.85. The Bertz CT molecular complexity index is 303. The van der Waals surface area contributed by atoms with E-state index in [0.717, 1.165) is 18.6 Å². The molecule has 2 rings (SSSR count). The molecule has 0 aromatic carbocycles. The van der Waals surface area contributed by atoms with Gasteiger partial charge in [-0.1, -0.05) is 6.42 Å². The maximum absolute atomic E-state index is 11.1. The van der Waals surface area contributed by atoms with Crippen molar-refractivity contribution < 1.29 is 44.3 Å². The number of nitrogens with one attached hydrogen (secondary N) is 2. The summed E-state index contributed by atoms with van der Waals surface area (Å²) in [7, 11) is 0. The Morgan fingerprint density at radius 1 is 1.41 bits per heavy atom. The number of carboxylic acid groups (broad SMARTS) is 1. The largest absolute Gasteiger partial charge is 1.00 e. The summed E-state index contributed by atoms with van der Waals surface area (Å²) < 4.78 is 0. The van der Waals surface area contributed by atoms with E-state index >= 15 is 0 Å². The van der Waals surface area contributed by atoms with Crippen LogP contribution >= 0.6 is 11.8 Å². The van der Waals surface area contributed by atoms with Crippen LogP contribution in [-0.2, 0) is 4.79 Å². The Morgan fingerprint density at radius 2 is 2.18 bits per heavy atom. The monoisotopic (exact) mass is 266 g/mol. The summed E-state index contributed by atoms with van der Waals surface area (Å²) in [5.74, 6) is -0.0260. The third kappa shape index (κ3) is 4.05. The van der Waals surface area contributed by atoms with E-state index in [-0.39, 0.29) is 54.1 Å². The van der Waals surface area contributed by atoms with Gasteiger partial charge >= 0.3 is 35.6 Å². The Morgan fingerprint density at radius 3 is 2.88 bits per heavy atom. The van der Waals surface area contributed by atoms with Crippen LogP contribution < -0.4 is 45.3 Å². The number of carbonyl (C=O) groups excluding carboxylic acids is 2. The van der Waals surface area contributed by atoms with Crippen molar-refractivity contribution in [1.29, 1.82) is 0 Å². The van der Waals surface area contributed by atoms with Crippen LogP contribution in [0.1, 0.15) is 25.7 Å². The van der Waals surface area contributed by atoms with E-state index in [1.54, 1.807) is 0 Å². The van der Waals surface area contributed by atoms with Gasteiger partial charge in [0.2, 0.25) is 0 Å². The van der Waals surface area contributed by atoms with Crippen LogP contribution in [0.3, 0.4) is 0 Å². The minimum Gasteiger partial charge on any atom is -0.550 e. The van der Waals surface area contributed by atoms with Crippen LogP contribution in [0, 0.1) is 0 Å². The fourth-order valence-electron chi connectivity index (χ4n) is 2.26. The molecule has 5 nitrogen and oxygen atoms in total. The molecule has 90 valence electrons. The molecule has 3 atom stereocenters. The van der Waals surface area contributed by atoms with E-state index in [2.05, 4.69) is 10.6 Å². The molecule has 2 heterocycles. The van der Waals surface area contributed by atoms with Crippen molar-refractivity contribution in [2.75, 3.05) is 5.75 Å². The number of fused-ring (bicyclic) bond motifs is 1. The maximum Gasteiger partial charge on any atom is 1.00 e. The van der Waals surface area contributed by atoms with Crippen molar-refractivity contribution >= 4 is 23.8 Å². The van der Waals surface area contributed by atoms with Crippen LogP contribution in [-0.4, -0.2) is 35.1 Å². The van der Waals surface area contributed by atoms with Gasteiger partial charge in [-0.3, -0.25) is 0 Å². The first kappa shape index (κ1) is 15.1. The molecule has 17 heavy (non-hydrogen) atoms. The summed E-state index contributed by atoms with van der Waals surface area (Å²) in [6.07, 6.45) is 2.64. The van der Waals surface area contributed by atoms with Crippen LogP contribution in [0.2, 0.25) is 0 Å². The number of urea groups is 1. The van der Waals surface area contributed by atoms with Gasteiger partial charge in [0.05, 0.1) is 12.1 Å². The van der Waals surface area contributed by atoms with Gasteiger partial charge in [0, 0.05) is 17.0 Å². The molecular formula is C10H15N2NaO3S. The topological polar surface area (TPSA) is 81.3 Å². The Kier molecular flexibility index (Phi) is 6.12. The molecule has 2 aliphatic rings. The molecule has 2 aliphatic heterocycles. The minimum absolute atomic E-state index is 0. The molecule has 0 bridgehead atoms. The van der Waals surface area contributed by atoms with Gasteiger partial charge in [-0.2, -0.15) is 11.8 Å². The quantitative estimate of drug-likeness (QED) is 0.307. The number of aliphatic carboxylic acids is 1. The van der Waals surface area contributed by atoms with Crippen LogP contribution in [0.4, 0.5) is 4.79 Å². The van der Waals surface area contributed by atoms with Crippen LogP contribution in [0.25, 0.3) is 0 Å². The molecule has 2 fully saturated rings. The Hall–Kier alpha value is 0.0900. The molecule has 0 aliphatic carbocycles. The first-order chi connectivity index (χ1) is 7.66. The van der Waals surface area contributed by atoms with Gasteiger partial charge in [-0.15, -0.1) is 0 Å². The molecule has 3 unspecified atom stereocenters.